The Bertz CT molecular complexity index is 484. The highest BCUT2D eigenvalue weighted by molar-refractivity contribution is 7.05. The predicted octanol–water partition coefficient (Wildman–Crippen LogP) is 3.23. The first kappa shape index (κ1) is 12.5. The smallest absolute Gasteiger partial charge is 0.117 e. The molecule has 0 aliphatic heterocycles. The molecule has 5 heteroatoms. The molecule has 2 aromatic rings. The topological polar surface area (TPSA) is 46.0 Å². The van der Waals surface area contributed by atoms with E-state index in [9.17, 15) is 5.11 Å². The van der Waals surface area contributed by atoms with Crippen LogP contribution >= 0.6 is 23.1 Å². The van der Waals surface area contributed by atoms with E-state index in [1.54, 1.807) is 12.1 Å². The van der Waals surface area contributed by atoms with Gasteiger partial charge in [0.2, 0.25) is 0 Å². The molecule has 0 saturated carbocycles. The molecule has 0 aliphatic carbocycles. The molecule has 3 nitrogen and oxygen atoms in total. The van der Waals surface area contributed by atoms with Gasteiger partial charge in [-0.05, 0) is 35.6 Å². The summed E-state index contributed by atoms with van der Waals surface area (Å²) in [5, 5.41) is 15.0. The number of hydrogen-bond donors (Lipinski definition) is 1. The fraction of sp³-hybridized carbons (Fsp3) is 0.333. The van der Waals surface area contributed by atoms with Crippen molar-refractivity contribution in [3.8, 4) is 0 Å². The quantitative estimate of drug-likeness (QED) is 0.926. The molecule has 0 saturated heterocycles. The van der Waals surface area contributed by atoms with Gasteiger partial charge in [0.1, 0.15) is 6.10 Å². The van der Waals surface area contributed by atoms with Crippen LogP contribution in [0.3, 0.4) is 0 Å². The van der Waals surface area contributed by atoms with E-state index < -0.39 is 6.10 Å². The number of hydrogen-bond acceptors (Lipinski definition) is 4. The van der Waals surface area contributed by atoms with E-state index in [4.69, 9.17) is 11.6 Å². The maximum Gasteiger partial charge on any atom is 0.117 e. The number of aliphatic hydroxyl groups excluding tert-OH is 1. The SMILES string of the molecule is CCCc1nnsc1C(O)c1ccc(Cl)cc1. The van der Waals surface area contributed by atoms with Gasteiger partial charge in [-0.2, -0.15) is 0 Å². The Kier molecular flexibility index (Phi) is 4.10. The van der Waals surface area contributed by atoms with E-state index in [0.29, 0.717) is 5.02 Å². The summed E-state index contributed by atoms with van der Waals surface area (Å²) in [7, 11) is 0. The van der Waals surface area contributed by atoms with Gasteiger partial charge >= 0.3 is 0 Å². The number of rotatable bonds is 4. The molecule has 0 aliphatic rings. The lowest BCUT2D eigenvalue weighted by Crippen LogP contribution is -2.01. The van der Waals surface area contributed by atoms with Crippen LogP contribution in [0.15, 0.2) is 24.3 Å². The highest BCUT2D eigenvalue weighted by atomic mass is 35.5. The number of nitrogens with zero attached hydrogens (tertiary/aromatic N) is 2. The highest BCUT2D eigenvalue weighted by Gasteiger charge is 2.18. The Hall–Kier alpha value is -0.970. The van der Waals surface area contributed by atoms with Crippen LogP contribution in [0.25, 0.3) is 0 Å². The minimum absolute atomic E-state index is 0.659. The average Bonchev–Trinajstić information content (AvgIpc) is 2.78. The Labute approximate surface area is 109 Å². The molecule has 0 radical (unpaired) electrons. The molecule has 1 heterocycles. The van der Waals surface area contributed by atoms with Crippen molar-refractivity contribution >= 4 is 23.1 Å². The van der Waals surface area contributed by atoms with Crippen molar-refractivity contribution in [2.75, 3.05) is 0 Å². The van der Waals surface area contributed by atoms with E-state index in [1.165, 1.54) is 11.5 Å². The van der Waals surface area contributed by atoms with Crippen LogP contribution < -0.4 is 0 Å². The molecule has 0 fully saturated rings. The maximum absolute atomic E-state index is 10.3. The summed E-state index contributed by atoms with van der Waals surface area (Å²) < 4.78 is 3.91. The van der Waals surface area contributed by atoms with Gasteiger partial charge < -0.3 is 5.11 Å². The zero-order valence-electron chi connectivity index (χ0n) is 9.43. The molecule has 17 heavy (non-hydrogen) atoms. The third kappa shape index (κ3) is 2.83. The molecule has 1 N–H and O–H groups in total. The third-order valence-electron chi connectivity index (χ3n) is 2.51. The van der Waals surface area contributed by atoms with Gasteiger partial charge in [0.05, 0.1) is 10.6 Å². The second kappa shape index (κ2) is 5.58. The number of aromatic nitrogens is 2. The zero-order valence-corrected chi connectivity index (χ0v) is 11.0. The van der Waals surface area contributed by atoms with Crippen LogP contribution in [-0.4, -0.2) is 14.7 Å². The Morgan fingerprint density at radius 1 is 1.35 bits per heavy atom. The summed E-state index contributed by atoms with van der Waals surface area (Å²) in [5.74, 6) is 0. The molecule has 0 amide bonds. The van der Waals surface area contributed by atoms with Crippen LogP contribution in [0.2, 0.25) is 5.02 Å². The van der Waals surface area contributed by atoms with Crippen molar-refractivity contribution in [2.24, 2.45) is 0 Å². The van der Waals surface area contributed by atoms with E-state index >= 15 is 0 Å². The van der Waals surface area contributed by atoms with E-state index in [1.807, 2.05) is 12.1 Å². The second-order valence-corrected chi connectivity index (χ2v) is 5.01. The van der Waals surface area contributed by atoms with Crippen molar-refractivity contribution in [1.29, 1.82) is 0 Å². The number of halogens is 1. The van der Waals surface area contributed by atoms with E-state index in [0.717, 1.165) is 29.0 Å². The Balaban J connectivity index is 2.26. The Morgan fingerprint density at radius 3 is 2.71 bits per heavy atom. The molecule has 1 unspecified atom stereocenters. The summed E-state index contributed by atoms with van der Waals surface area (Å²) >= 11 is 7.07. The standard InChI is InChI=1S/C12H13ClN2OS/c1-2-3-10-12(17-15-14-10)11(16)8-4-6-9(13)7-5-8/h4-7,11,16H,2-3H2,1H3. The van der Waals surface area contributed by atoms with Crippen molar-refractivity contribution in [3.63, 3.8) is 0 Å². The Morgan fingerprint density at radius 2 is 2.06 bits per heavy atom. The first-order chi connectivity index (χ1) is 8.22. The van der Waals surface area contributed by atoms with E-state index in [-0.39, 0.29) is 0 Å². The van der Waals surface area contributed by atoms with Crippen LogP contribution in [0.4, 0.5) is 0 Å². The van der Waals surface area contributed by atoms with Gasteiger partial charge in [-0.3, -0.25) is 0 Å². The minimum Gasteiger partial charge on any atom is -0.383 e. The summed E-state index contributed by atoms with van der Waals surface area (Å²) in [6.45, 7) is 2.08. The fourth-order valence-electron chi connectivity index (χ4n) is 1.63. The van der Waals surface area contributed by atoms with Gasteiger partial charge in [0, 0.05) is 5.02 Å². The molecule has 2 rings (SSSR count). The molecule has 0 spiro atoms. The maximum atomic E-state index is 10.3. The van der Waals surface area contributed by atoms with Gasteiger partial charge in [0.15, 0.2) is 0 Å². The summed E-state index contributed by atoms with van der Waals surface area (Å²) in [5.41, 5.74) is 1.71. The lowest BCUT2D eigenvalue weighted by Gasteiger charge is -2.09. The second-order valence-electron chi connectivity index (χ2n) is 3.79. The minimum atomic E-state index is -0.659. The fourth-order valence-corrected chi connectivity index (χ4v) is 2.47. The highest BCUT2D eigenvalue weighted by Crippen LogP contribution is 2.28. The molecule has 1 atom stereocenters. The summed E-state index contributed by atoms with van der Waals surface area (Å²) in [6.07, 6.45) is 1.18. The normalized spacial score (nSPS) is 12.6. The van der Waals surface area contributed by atoms with Crippen LogP contribution in [0.1, 0.15) is 35.6 Å². The summed E-state index contributed by atoms with van der Waals surface area (Å²) in [4.78, 5) is 0.828. The third-order valence-corrected chi connectivity index (χ3v) is 3.58. The largest absolute Gasteiger partial charge is 0.383 e. The number of benzene rings is 1. The molecule has 1 aromatic heterocycles. The van der Waals surface area contributed by atoms with Crippen LogP contribution in [0, 0.1) is 0 Å². The number of aryl methyl sites for hydroxylation is 1. The predicted molar refractivity (Wildman–Crippen MR) is 69.4 cm³/mol. The van der Waals surface area contributed by atoms with Gasteiger partial charge in [-0.15, -0.1) is 5.10 Å². The van der Waals surface area contributed by atoms with Gasteiger partial charge in [0.25, 0.3) is 0 Å². The van der Waals surface area contributed by atoms with Crippen molar-refractivity contribution in [2.45, 2.75) is 25.9 Å². The lowest BCUT2D eigenvalue weighted by atomic mass is 10.1. The molecule has 1 aromatic carbocycles. The van der Waals surface area contributed by atoms with E-state index in [2.05, 4.69) is 16.5 Å². The van der Waals surface area contributed by atoms with Crippen molar-refractivity contribution in [1.82, 2.24) is 9.59 Å². The first-order valence-corrected chi connectivity index (χ1v) is 6.62. The molecular formula is C12H13ClN2OS. The van der Waals surface area contributed by atoms with Gasteiger partial charge in [-0.1, -0.05) is 41.6 Å². The average molecular weight is 269 g/mol. The van der Waals surface area contributed by atoms with Crippen molar-refractivity contribution in [3.05, 3.63) is 45.4 Å². The lowest BCUT2D eigenvalue weighted by molar-refractivity contribution is 0.222. The van der Waals surface area contributed by atoms with Crippen LogP contribution in [0.5, 0.6) is 0 Å². The zero-order chi connectivity index (χ0) is 12.3. The summed E-state index contributed by atoms with van der Waals surface area (Å²) in [6, 6.07) is 7.19. The van der Waals surface area contributed by atoms with Crippen molar-refractivity contribution < 1.29 is 5.11 Å². The molecule has 90 valence electrons. The monoisotopic (exact) mass is 268 g/mol. The number of aliphatic hydroxyl groups is 1. The van der Waals surface area contributed by atoms with Gasteiger partial charge in [-0.25, -0.2) is 0 Å². The molecule has 0 bridgehead atoms. The van der Waals surface area contributed by atoms with Crippen LogP contribution in [-0.2, 0) is 6.42 Å². The first-order valence-electron chi connectivity index (χ1n) is 5.47. The molecular weight excluding hydrogens is 256 g/mol.